The van der Waals surface area contributed by atoms with Crippen molar-refractivity contribution in [1.82, 2.24) is 4.90 Å². The van der Waals surface area contributed by atoms with Gasteiger partial charge < -0.3 is 14.8 Å². The number of esters is 1. The molecule has 0 unspecified atom stereocenters. The van der Waals surface area contributed by atoms with E-state index >= 15 is 0 Å². The summed E-state index contributed by atoms with van der Waals surface area (Å²) in [5, 5.41) is 2.60. The maximum atomic E-state index is 12.4. The first-order chi connectivity index (χ1) is 13.5. The number of hydrogen-bond donors (Lipinski definition) is 1. The zero-order valence-electron chi connectivity index (χ0n) is 15.8. The van der Waals surface area contributed by atoms with Gasteiger partial charge in [-0.1, -0.05) is 12.8 Å². The molecule has 8 nitrogen and oxygen atoms in total. The molecule has 2 fully saturated rings. The number of hydrogen-bond acceptors (Lipinski definition) is 6. The second kappa shape index (κ2) is 8.86. The van der Waals surface area contributed by atoms with E-state index in [2.05, 4.69) is 5.32 Å². The third-order valence-corrected chi connectivity index (χ3v) is 5.21. The summed E-state index contributed by atoms with van der Waals surface area (Å²) in [6.45, 7) is -0.429. The zero-order valence-corrected chi connectivity index (χ0v) is 15.8. The first-order valence-electron chi connectivity index (χ1n) is 9.44. The molecule has 1 heterocycles. The molecule has 1 N–H and O–H groups in total. The maximum Gasteiger partial charge on any atom is 0.308 e. The number of carbonyl (C=O) groups excluding carboxylic acids is 4. The van der Waals surface area contributed by atoms with Crippen molar-refractivity contribution in [2.45, 2.75) is 32.1 Å². The van der Waals surface area contributed by atoms with Gasteiger partial charge in [0.1, 0.15) is 5.75 Å². The molecule has 1 aromatic carbocycles. The summed E-state index contributed by atoms with van der Waals surface area (Å²) in [5.74, 6) is -1.26. The van der Waals surface area contributed by atoms with Crippen molar-refractivity contribution in [2.75, 3.05) is 25.6 Å². The van der Waals surface area contributed by atoms with Crippen molar-refractivity contribution < 1.29 is 28.7 Å². The molecule has 1 aliphatic heterocycles. The number of nitrogens with zero attached hydrogens (tertiary/aromatic N) is 1. The minimum Gasteiger partial charge on any atom is -0.497 e. The summed E-state index contributed by atoms with van der Waals surface area (Å²) < 4.78 is 9.98. The summed E-state index contributed by atoms with van der Waals surface area (Å²) in [6, 6.07) is 6.73. The molecule has 2 atom stereocenters. The van der Waals surface area contributed by atoms with Crippen molar-refractivity contribution in [3.8, 4) is 5.75 Å². The lowest BCUT2D eigenvalue weighted by Gasteiger charge is -2.19. The highest BCUT2D eigenvalue weighted by Gasteiger charge is 2.47. The van der Waals surface area contributed by atoms with Gasteiger partial charge in [0.05, 0.1) is 25.4 Å². The fourth-order valence-corrected chi connectivity index (χ4v) is 3.74. The van der Waals surface area contributed by atoms with Gasteiger partial charge in [0.15, 0.2) is 6.61 Å². The Morgan fingerprint density at radius 2 is 1.68 bits per heavy atom. The van der Waals surface area contributed by atoms with Crippen LogP contribution in [0.15, 0.2) is 24.3 Å². The van der Waals surface area contributed by atoms with Gasteiger partial charge in [0.2, 0.25) is 11.8 Å². The predicted octanol–water partition coefficient (Wildman–Crippen LogP) is 1.74. The maximum absolute atomic E-state index is 12.4. The number of ether oxygens (including phenoxy) is 2. The van der Waals surface area contributed by atoms with E-state index in [0.29, 0.717) is 11.4 Å². The number of rotatable bonds is 7. The van der Waals surface area contributed by atoms with Crippen LogP contribution in [0.25, 0.3) is 0 Å². The molecule has 0 radical (unpaired) electrons. The Balaban J connectivity index is 1.41. The lowest BCUT2D eigenvalue weighted by atomic mass is 9.81. The number of likely N-dealkylation sites (tertiary alicyclic amines) is 1. The van der Waals surface area contributed by atoms with E-state index < -0.39 is 18.5 Å². The molecule has 1 aliphatic carbocycles. The van der Waals surface area contributed by atoms with E-state index in [4.69, 9.17) is 9.47 Å². The van der Waals surface area contributed by atoms with Crippen LogP contribution in [-0.2, 0) is 23.9 Å². The molecule has 1 saturated heterocycles. The van der Waals surface area contributed by atoms with E-state index in [-0.39, 0.29) is 36.6 Å². The molecule has 1 aromatic rings. The van der Waals surface area contributed by atoms with E-state index in [0.717, 1.165) is 25.7 Å². The molecule has 3 rings (SSSR count). The van der Waals surface area contributed by atoms with Gasteiger partial charge in [-0.15, -0.1) is 0 Å². The average Bonchev–Trinajstić information content (AvgIpc) is 2.96. The van der Waals surface area contributed by atoms with Crippen LogP contribution < -0.4 is 10.1 Å². The number of amides is 3. The molecule has 1 saturated carbocycles. The highest BCUT2D eigenvalue weighted by atomic mass is 16.5. The monoisotopic (exact) mass is 388 g/mol. The molecular formula is C20H24N2O6. The number of nitrogens with one attached hydrogen (secondary N) is 1. The molecule has 8 heteroatoms. The van der Waals surface area contributed by atoms with Crippen LogP contribution in [0.3, 0.4) is 0 Å². The summed E-state index contributed by atoms with van der Waals surface area (Å²) >= 11 is 0. The Bertz CT molecular complexity index is 736. The van der Waals surface area contributed by atoms with Crippen molar-refractivity contribution >= 4 is 29.4 Å². The highest BCUT2D eigenvalue weighted by molar-refractivity contribution is 6.05. The van der Waals surface area contributed by atoms with Crippen molar-refractivity contribution in [3.05, 3.63) is 24.3 Å². The lowest BCUT2D eigenvalue weighted by Crippen LogP contribution is -2.33. The molecule has 150 valence electrons. The zero-order chi connectivity index (χ0) is 20.1. The lowest BCUT2D eigenvalue weighted by molar-refractivity contribution is -0.148. The second-order valence-corrected chi connectivity index (χ2v) is 7.01. The van der Waals surface area contributed by atoms with Crippen LogP contribution in [-0.4, -0.2) is 48.9 Å². The summed E-state index contributed by atoms with van der Waals surface area (Å²) in [7, 11) is 1.55. The van der Waals surface area contributed by atoms with E-state index in [1.807, 2.05) is 0 Å². The van der Waals surface area contributed by atoms with Crippen LogP contribution in [0, 0.1) is 11.8 Å². The van der Waals surface area contributed by atoms with Gasteiger partial charge in [-0.25, -0.2) is 0 Å². The highest BCUT2D eigenvalue weighted by Crippen LogP contribution is 2.37. The van der Waals surface area contributed by atoms with Crippen LogP contribution in [0.2, 0.25) is 0 Å². The van der Waals surface area contributed by atoms with Crippen LogP contribution >= 0.6 is 0 Å². The van der Waals surface area contributed by atoms with Crippen LogP contribution in [0.1, 0.15) is 32.1 Å². The van der Waals surface area contributed by atoms with Gasteiger partial charge in [0.25, 0.3) is 5.91 Å². The third kappa shape index (κ3) is 4.49. The number of methoxy groups -OCH3 is 1. The summed E-state index contributed by atoms with van der Waals surface area (Å²) in [4.78, 5) is 49.7. The minimum absolute atomic E-state index is 0.00357. The van der Waals surface area contributed by atoms with Gasteiger partial charge in [-0.05, 0) is 37.1 Å². The largest absolute Gasteiger partial charge is 0.497 e. The van der Waals surface area contributed by atoms with Crippen molar-refractivity contribution in [2.24, 2.45) is 11.8 Å². The Labute approximate surface area is 163 Å². The van der Waals surface area contributed by atoms with Crippen molar-refractivity contribution in [1.29, 1.82) is 0 Å². The average molecular weight is 388 g/mol. The van der Waals surface area contributed by atoms with Gasteiger partial charge in [-0.3, -0.25) is 24.1 Å². The summed E-state index contributed by atoms with van der Waals surface area (Å²) in [6.07, 6.45) is 3.27. The number of carbonyl (C=O) groups is 4. The van der Waals surface area contributed by atoms with Crippen molar-refractivity contribution in [3.63, 3.8) is 0 Å². The first kappa shape index (κ1) is 19.9. The molecule has 28 heavy (non-hydrogen) atoms. The fraction of sp³-hybridized carbons (Fsp3) is 0.500. The smallest absolute Gasteiger partial charge is 0.308 e. The van der Waals surface area contributed by atoms with E-state index in [9.17, 15) is 19.2 Å². The number of fused-ring (bicyclic) bond motifs is 1. The van der Waals surface area contributed by atoms with Crippen LogP contribution in [0.5, 0.6) is 5.75 Å². The second-order valence-electron chi connectivity index (χ2n) is 7.01. The Kier molecular flexibility index (Phi) is 6.28. The molecule has 2 aliphatic rings. The third-order valence-electron chi connectivity index (χ3n) is 5.21. The summed E-state index contributed by atoms with van der Waals surface area (Å²) in [5.41, 5.74) is 0.553. The van der Waals surface area contributed by atoms with E-state index in [1.165, 1.54) is 4.90 Å². The molecule has 0 aromatic heterocycles. The standard InChI is InChI=1S/C20H24N2O6/c1-27-14-8-6-13(7-9-14)21-17(23)12-28-18(24)10-11-22-19(25)15-4-2-3-5-16(15)20(22)26/h6-9,15-16H,2-5,10-12H2,1H3,(H,21,23)/t15-,16-/m1/s1. The molecule has 3 amide bonds. The number of imide groups is 1. The van der Waals surface area contributed by atoms with Gasteiger partial charge >= 0.3 is 5.97 Å². The molecule has 0 spiro atoms. The Hall–Kier alpha value is -2.90. The topological polar surface area (TPSA) is 102 Å². The Morgan fingerprint density at radius 3 is 2.25 bits per heavy atom. The normalized spacial score (nSPS) is 21.2. The molecular weight excluding hydrogens is 364 g/mol. The number of anilines is 1. The minimum atomic E-state index is -0.625. The molecule has 0 bridgehead atoms. The van der Waals surface area contributed by atoms with Crippen LogP contribution in [0.4, 0.5) is 5.69 Å². The van der Waals surface area contributed by atoms with Gasteiger partial charge in [-0.2, -0.15) is 0 Å². The SMILES string of the molecule is COc1ccc(NC(=O)COC(=O)CCN2C(=O)[C@@H]3CCCC[C@H]3C2=O)cc1. The first-order valence-corrected chi connectivity index (χ1v) is 9.44. The fourth-order valence-electron chi connectivity index (χ4n) is 3.74. The quantitative estimate of drug-likeness (QED) is 0.564. The predicted molar refractivity (Wildman–Crippen MR) is 99.4 cm³/mol. The number of benzene rings is 1. The Morgan fingerprint density at radius 1 is 1.07 bits per heavy atom. The van der Waals surface area contributed by atoms with E-state index in [1.54, 1.807) is 31.4 Å². The van der Waals surface area contributed by atoms with Gasteiger partial charge in [0, 0.05) is 12.2 Å².